The van der Waals surface area contributed by atoms with Gasteiger partial charge in [0.2, 0.25) is 0 Å². The van der Waals surface area contributed by atoms with Crippen LogP contribution in [0.25, 0.3) is 0 Å². The van der Waals surface area contributed by atoms with Crippen molar-refractivity contribution in [3.63, 3.8) is 0 Å². The second-order valence-corrected chi connectivity index (χ2v) is 4.87. The average Bonchev–Trinajstić information content (AvgIpc) is 2.83. The Hall–Kier alpha value is -0.760. The SMILES string of the molecule is CCCNCC1CCCCC1c1ccco1. The summed E-state index contributed by atoms with van der Waals surface area (Å²) in [4.78, 5) is 0. The van der Waals surface area contributed by atoms with Crippen LogP contribution >= 0.6 is 0 Å². The van der Waals surface area contributed by atoms with Gasteiger partial charge in [-0.3, -0.25) is 0 Å². The molecule has 1 saturated carbocycles. The smallest absolute Gasteiger partial charge is 0.107 e. The van der Waals surface area contributed by atoms with Crippen LogP contribution in [0.3, 0.4) is 0 Å². The highest BCUT2D eigenvalue weighted by atomic mass is 16.3. The van der Waals surface area contributed by atoms with E-state index in [4.69, 9.17) is 4.42 Å². The molecular formula is C14H23NO. The fourth-order valence-corrected chi connectivity index (χ4v) is 2.79. The van der Waals surface area contributed by atoms with E-state index in [0.717, 1.165) is 19.0 Å². The van der Waals surface area contributed by atoms with Crippen molar-refractivity contribution in [2.45, 2.75) is 44.9 Å². The number of furan rings is 1. The molecule has 2 atom stereocenters. The molecule has 0 saturated heterocycles. The summed E-state index contributed by atoms with van der Waals surface area (Å²) in [6.45, 7) is 4.51. The molecule has 1 aromatic heterocycles. The number of hydrogen-bond donors (Lipinski definition) is 1. The Bertz CT molecular complexity index is 281. The van der Waals surface area contributed by atoms with Crippen LogP contribution < -0.4 is 5.32 Å². The van der Waals surface area contributed by atoms with Crippen LogP contribution in [0.4, 0.5) is 0 Å². The molecule has 1 heterocycles. The van der Waals surface area contributed by atoms with Gasteiger partial charge in [0.25, 0.3) is 0 Å². The zero-order valence-electron chi connectivity index (χ0n) is 10.2. The minimum absolute atomic E-state index is 0.646. The Morgan fingerprint density at radius 1 is 1.38 bits per heavy atom. The van der Waals surface area contributed by atoms with Crippen molar-refractivity contribution in [1.82, 2.24) is 5.32 Å². The number of rotatable bonds is 5. The number of nitrogens with one attached hydrogen (secondary N) is 1. The highest BCUT2D eigenvalue weighted by molar-refractivity contribution is 5.08. The van der Waals surface area contributed by atoms with Gasteiger partial charge >= 0.3 is 0 Å². The van der Waals surface area contributed by atoms with E-state index in [2.05, 4.69) is 18.3 Å². The van der Waals surface area contributed by atoms with Gasteiger partial charge in [-0.25, -0.2) is 0 Å². The minimum Gasteiger partial charge on any atom is -0.469 e. The van der Waals surface area contributed by atoms with Gasteiger partial charge in [-0.15, -0.1) is 0 Å². The van der Waals surface area contributed by atoms with Crippen LogP contribution in [0.2, 0.25) is 0 Å². The van der Waals surface area contributed by atoms with Gasteiger partial charge in [-0.2, -0.15) is 0 Å². The van der Waals surface area contributed by atoms with E-state index in [1.807, 2.05) is 6.07 Å². The van der Waals surface area contributed by atoms with Crippen LogP contribution in [0.15, 0.2) is 22.8 Å². The van der Waals surface area contributed by atoms with Gasteiger partial charge in [0, 0.05) is 5.92 Å². The van der Waals surface area contributed by atoms with E-state index in [0.29, 0.717) is 5.92 Å². The molecule has 90 valence electrons. The first kappa shape index (κ1) is 11.7. The summed E-state index contributed by atoms with van der Waals surface area (Å²) in [5.41, 5.74) is 0. The monoisotopic (exact) mass is 221 g/mol. The van der Waals surface area contributed by atoms with Crippen molar-refractivity contribution in [2.75, 3.05) is 13.1 Å². The summed E-state index contributed by atoms with van der Waals surface area (Å²) in [7, 11) is 0. The van der Waals surface area contributed by atoms with E-state index in [-0.39, 0.29) is 0 Å². The third-order valence-electron chi connectivity index (χ3n) is 3.65. The molecule has 1 aromatic rings. The second kappa shape index (κ2) is 6.09. The summed E-state index contributed by atoms with van der Waals surface area (Å²) in [5.74, 6) is 2.61. The first-order valence-electron chi connectivity index (χ1n) is 6.66. The summed E-state index contributed by atoms with van der Waals surface area (Å²) < 4.78 is 5.58. The zero-order valence-corrected chi connectivity index (χ0v) is 10.2. The lowest BCUT2D eigenvalue weighted by atomic mass is 9.78. The lowest BCUT2D eigenvalue weighted by Gasteiger charge is -2.30. The van der Waals surface area contributed by atoms with E-state index in [1.54, 1.807) is 6.26 Å². The lowest BCUT2D eigenvalue weighted by Crippen LogP contribution is -2.29. The van der Waals surface area contributed by atoms with Crippen LogP contribution in [0.5, 0.6) is 0 Å². The van der Waals surface area contributed by atoms with Crippen molar-refractivity contribution < 1.29 is 4.42 Å². The molecule has 0 radical (unpaired) electrons. The molecule has 0 aromatic carbocycles. The molecule has 0 spiro atoms. The maximum atomic E-state index is 5.58. The Morgan fingerprint density at radius 3 is 3.00 bits per heavy atom. The Balaban J connectivity index is 1.92. The fourth-order valence-electron chi connectivity index (χ4n) is 2.79. The largest absolute Gasteiger partial charge is 0.469 e. The molecule has 2 heteroatoms. The topological polar surface area (TPSA) is 25.2 Å². The zero-order chi connectivity index (χ0) is 11.2. The van der Waals surface area contributed by atoms with Crippen LogP contribution in [0, 0.1) is 5.92 Å². The first-order valence-corrected chi connectivity index (χ1v) is 6.66. The molecular weight excluding hydrogens is 198 g/mol. The van der Waals surface area contributed by atoms with E-state index in [1.165, 1.54) is 37.9 Å². The standard InChI is InChI=1S/C14H23NO/c1-2-9-15-11-12-6-3-4-7-13(12)14-8-5-10-16-14/h5,8,10,12-13,15H,2-4,6-7,9,11H2,1H3. The highest BCUT2D eigenvalue weighted by Crippen LogP contribution is 2.37. The molecule has 1 N–H and O–H groups in total. The van der Waals surface area contributed by atoms with E-state index in [9.17, 15) is 0 Å². The average molecular weight is 221 g/mol. The minimum atomic E-state index is 0.646. The fraction of sp³-hybridized carbons (Fsp3) is 0.714. The summed E-state index contributed by atoms with van der Waals surface area (Å²) in [5, 5.41) is 3.56. The third kappa shape index (κ3) is 2.88. The molecule has 2 unspecified atom stereocenters. The van der Waals surface area contributed by atoms with Gasteiger partial charge in [0.05, 0.1) is 6.26 Å². The molecule has 0 amide bonds. The predicted octanol–water partition coefficient (Wildman–Crippen LogP) is 3.55. The maximum Gasteiger partial charge on any atom is 0.107 e. The predicted molar refractivity (Wildman–Crippen MR) is 66.6 cm³/mol. The van der Waals surface area contributed by atoms with Crippen molar-refractivity contribution in [3.05, 3.63) is 24.2 Å². The summed E-state index contributed by atoms with van der Waals surface area (Å²) >= 11 is 0. The summed E-state index contributed by atoms with van der Waals surface area (Å²) in [6, 6.07) is 4.16. The molecule has 1 fully saturated rings. The van der Waals surface area contributed by atoms with Crippen LogP contribution in [-0.2, 0) is 0 Å². The van der Waals surface area contributed by atoms with Crippen LogP contribution in [0.1, 0.15) is 50.7 Å². The van der Waals surface area contributed by atoms with Crippen molar-refractivity contribution in [2.24, 2.45) is 5.92 Å². The molecule has 1 aliphatic carbocycles. The maximum absolute atomic E-state index is 5.58. The van der Waals surface area contributed by atoms with Crippen molar-refractivity contribution in [3.8, 4) is 0 Å². The third-order valence-corrected chi connectivity index (χ3v) is 3.65. The first-order chi connectivity index (χ1) is 7.92. The Kier molecular flexibility index (Phi) is 4.46. The molecule has 2 nitrogen and oxygen atoms in total. The molecule has 0 aliphatic heterocycles. The van der Waals surface area contributed by atoms with Gasteiger partial charge in [-0.1, -0.05) is 19.8 Å². The Morgan fingerprint density at radius 2 is 2.25 bits per heavy atom. The Labute approximate surface area is 98.4 Å². The molecule has 16 heavy (non-hydrogen) atoms. The van der Waals surface area contributed by atoms with Gasteiger partial charge in [0.15, 0.2) is 0 Å². The molecule has 0 bridgehead atoms. The van der Waals surface area contributed by atoms with Crippen molar-refractivity contribution in [1.29, 1.82) is 0 Å². The van der Waals surface area contributed by atoms with Gasteiger partial charge in [0.1, 0.15) is 5.76 Å². The second-order valence-electron chi connectivity index (χ2n) is 4.87. The molecule has 1 aliphatic rings. The van der Waals surface area contributed by atoms with Gasteiger partial charge < -0.3 is 9.73 Å². The highest BCUT2D eigenvalue weighted by Gasteiger charge is 2.27. The number of hydrogen-bond acceptors (Lipinski definition) is 2. The van der Waals surface area contributed by atoms with Gasteiger partial charge in [-0.05, 0) is 50.4 Å². The van der Waals surface area contributed by atoms with Crippen LogP contribution in [-0.4, -0.2) is 13.1 Å². The van der Waals surface area contributed by atoms with Crippen molar-refractivity contribution >= 4 is 0 Å². The molecule has 2 rings (SSSR count). The quantitative estimate of drug-likeness (QED) is 0.769. The van der Waals surface area contributed by atoms with E-state index >= 15 is 0 Å². The summed E-state index contributed by atoms with van der Waals surface area (Å²) in [6.07, 6.45) is 8.41. The van der Waals surface area contributed by atoms with E-state index < -0.39 is 0 Å². The normalized spacial score (nSPS) is 25.8. The lowest BCUT2D eigenvalue weighted by molar-refractivity contribution is 0.264.